The third kappa shape index (κ3) is 1.95. The molecule has 102 valence electrons. The lowest BCUT2D eigenvalue weighted by molar-refractivity contribution is -0.0998. The summed E-state index contributed by atoms with van der Waals surface area (Å²) in [6.45, 7) is 1.89. The van der Waals surface area contributed by atoms with E-state index in [1.165, 1.54) is 11.1 Å². The van der Waals surface area contributed by atoms with Crippen molar-refractivity contribution in [3.05, 3.63) is 48.5 Å². The molecule has 1 spiro atoms. The van der Waals surface area contributed by atoms with Gasteiger partial charge in [-0.05, 0) is 23.3 Å². The molecular formula is C17H17NO2. The highest BCUT2D eigenvalue weighted by Gasteiger charge is 2.42. The van der Waals surface area contributed by atoms with Gasteiger partial charge >= 0.3 is 0 Å². The molecule has 4 rings (SSSR count). The first-order valence-electron chi connectivity index (χ1n) is 7.13. The average Bonchev–Trinajstić information content (AvgIpc) is 2.85. The lowest BCUT2D eigenvalue weighted by atomic mass is 10.1. The quantitative estimate of drug-likeness (QED) is 0.860. The zero-order chi connectivity index (χ0) is 13.4. The average molecular weight is 267 g/mol. The molecule has 0 saturated carbocycles. The highest BCUT2D eigenvalue weighted by atomic mass is 16.7. The third-order valence-corrected chi connectivity index (χ3v) is 4.01. The van der Waals surface area contributed by atoms with Crippen LogP contribution in [0.4, 0.5) is 0 Å². The van der Waals surface area contributed by atoms with Crippen molar-refractivity contribution in [2.45, 2.75) is 18.6 Å². The standard InChI is InChI=1S/C17H17NO2/c1-2-4-13(5-3-1)14-6-7-15-16(12-14)20-17(19-15)8-10-18-11-9-17/h1-7,12,18H,8-11H2. The number of rotatable bonds is 1. The van der Waals surface area contributed by atoms with Crippen molar-refractivity contribution in [2.75, 3.05) is 13.1 Å². The minimum atomic E-state index is -0.442. The topological polar surface area (TPSA) is 30.5 Å². The van der Waals surface area contributed by atoms with Crippen LogP contribution in [0.1, 0.15) is 12.8 Å². The highest BCUT2D eigenvalue weighted by molar-refractivity contribution is 5.67. The van der Waals surface area contributed by atoms with Crippen LogP contribution in [0.15, 0.2) is 48.5 Å². The fourth-order valence-electron chi connectivity index (χ4n) is 2.92. The van der Waals surface area contributed by atoms with E-state index in [0.29, 0.717) is 0 Å². The first kappa shape index (κ1) is 11.8. The van der Waals surface area contributed by atoms with E-state index >= 15 is 0 Å². The molecule has 0 aromatic heterocycles. The van der Waals surface area contributed by atoms with Crippen molar-refractivity contribution in [3.8, 4) is 22.6 Å². The summed E-state index contributed by atoms with van der Waals surface area (Å²) in [5, 5.41) is 3.34. The molecule has 1 saturated heterocycles. The molecule has 2 aliphatic rings. The fourth-order valence-corrected chi connectivity index (χ4v) is 2.92. The van der Waals surface area contributed by atoms with Crippen LogP contribution in [-0.4, -0.2) is 18.9 Å². The zero-order valence-corrected chi connectivity index (χ0v) is 11.3. The molecule has 0 amide bonds. The second-order valence-electron chi connectivity index (χ2n) is 5.39. The number of piperidine rings is 1. The maximum atomic E-state index is 6.14. The van der Waals surface area contributed by atoms with Gasteiger partial charge in [0.2, 0.25) is 0 Å². The van der Waals surface area contributed by atoms with Crippen LogP contribution in [-0.2, 0) is 0 Å². The monoisotopic (exact) mass is 267 g/mol. The maximum Gasteiger partial charge on any atom is 0.254 e. The Hall–Kier alpha value is -2.00. The Bertz CT molecular complexity index is 618. The third-order valence-electron chi connectivity index (χ3n) is 4.01. The summed E-state index contributed by atoms with van der Waals surface area (Å²) in [5.41, 5.74) is 2.36. The van der Waals surface area contributed by atoms with Crippen molar-refractivity contribution >= 4 is 0 Å². The summed E-state index contributed by atoms with van der Waals surface area (Å²) < 4.78 is 12.2. The lowest BCUT2D eigenvalue weighted by Crippen LogP contribution is -2.48. The van der Waals surface area contributed by atoms with Crippen molar-refractivity contribution in [3.63, 3.8) is 0 Å². The number of fused-ring (bicyclic) bond motifs is 1. The van der Waals surface area contributed by atoms with E-state index in [0.717, 1.165) is 37.4 Å². The summed E-state index contributed by atoms with van der Waals surface area (Å²) in [6, 6.07) is 16.5. The minimum Gasteiger partial charge on any atom is -0.448 e. The molecule has 0 atom stereocenters. The number of hydrogen-bond donors (Lipinski definition) is 1. The summed E-state index contributed by atoms with van der Waals surface area (Å²) in [4.78, 5) is 0. The van der Waals surface area contributed by atoms with Crippen LogP contribution in [0.25, 0.3) is 11.1 Å². The first-order valence-corrected chi connectivity index (χ1v) is 7.13. The maximum absolute atomic E-state index is 6.14. The highest BCUT2D eigenvalue weighted by Crippen LogP contribution is 2.44. The largest absolute Gasteiger partial charge is 0.448 e. The number of benzene rings is 2. The molecule has 20 heavy (non-hydrogen) atoms. The second kappa shape index (κ2) is 4.53. The lowest BCUT2D eigenvalue weighted by Gasteiger charge is -2.31. The van der Waals surface area contributed by atoms with Gasteiger partial charge in [0, 0.05) is 25.9 Å². The van der Waals surface area contributed by atoms with E-state index < -0.39 is 5.79 Å². The smallest absolute Gasteiger partial charge is 0.254 e. The van der Waals surface area contributed by atoms with Crippen molar-refractivity contribution in [2.24, 2.45) is 0 Å². The van der Waals surface area contributed by atoms with Gasteiger partial charge in [-0.1, -0.05) is 36.4 Å². The Balaban J connectivity index is 1.66. The molecule has 3 nitrogen and oxygen atoms in total. The van der Waals surface area contributed by atoms with E-state index in [9.17, 15) is 0 Å². The van der Waals surface area contributed by atoms with Gasteiger partial charge in [0.05, 0.1) is 0 Å². The molecule has 1 fully saturated rings. The number of nitrogens with one attached hydrogen (secondary N) is 1. The molecule has 0 bridgehead atoms. The summed E-state index contributed by atoms with van der Waals surface area (Å²) >= 11 is 0. The molecule has 0 unspecified atom stereocenters. The van der Waals surface area contributed by atoms with E-state index in [1.54, 1.807) is 0 Å². The van der Waals surface area contributed by atoms with Crippen LogP contribution in [0, 0.1) is 0 Å². The Morgan fingerprint density at radius 2 is 1.55 bits per heavy atom. The minimum absolute atomic E-state index is 0.442. The molecular weight excluding hydrogens is 250 g/mol. The van der Waals surface area contributed by atoms with Gasteiger partial charge in [0.25, 0.3) is 5.79 Å². The Morgan fingerprint density at radius 3 is 2.35 bits per heavy atom. The molecule has 2 aliphatic heterocycles. The molecule has 1 N–H and O–H groups in total. The van der Waals surface area contributed by atoms with Gasteiger partial charge in [0.1, 0.15) is 0 Å². The predicted molar refractivity (Wildman–Crippen MR) is 78.0 cm³/mol. The normalized spacial score (nSPS) is 19.2. The zero-order valence-electron chi connectivity index (χ0n) is 11.3. The summed E-state index contributed by atoms with van der Waals surface area (Å²) in [6.07, 6.45) is 1.78. The predicted octanol–water partition coefficient (Wildman–Crippen LogP) is 3.20. The summed E-state index contributed by atoms with van der Waals surface area (Å²) in [5.74, 6) is 1.29. The molecule has 2 aromatic carbocycles. The SMILES string of the molecule is c1ccc(-c2ccc3c(c2)OC2(CCNCC2)O3)cc1. The Labute approximate surface area is 118 Å². The van der Waals surface area contributed by atoms with Crippen LogP contribution >= 0.6 is 0 Å². The van der Waals surface area contributed by atoms with Gasteiger partial charge in [0.15, 0.2) is 11.5 Å². The molecule has 0 aliphatic carbocycles. The van der Waals surface area contributed by atoms with Gasteiger partial charge in [-0.3, -0.25) is 0 Å². The van der Waals surface area contributed by atoms with Gasteiger partial charge in [-0.25, -0.2) is 0 Å². The van der Waals surface area contributed by atoms with Crippen LogP contribution in [0.2, 0.25) is 0 Å². The second-order valence-corrected chi connectivity index (χ2v) is 5.39. The van der Waals surface area contributed by atoms with Crippen molar-refractivity contribution in [1.29, 1.82) is 0 Å². The van der Waals surface area contributed by atoms with Crippen molar-refractivity contribution in [1.82, 2.24) is 5.32 Å². The van der Waals surface area contributed by atoms with E-state index in [4.69, 9.17) is 9.47 Å². The summed E-state index contributed by atoms with van der Waals surface area (Å²) in [7, 11) is 0. The van der Waals surface area contributed by atoms with Gasteiger partial charge < -0.3 is 14.8 Å². The van der Waals surface area contributed by atoms with Crippen LogP contribution in [0.5, 0.6) is 11.5 Å². The van der Waals surface area contributed by atoms with E-state index in [-0.39, 0.29) is 0 Å². The molecule has 2 aromatic rings. The number of ether oxygens (including phenoxy) is 2. The fraction of sp³-hybridized carbons (Fsp3) is 0.294. The molecule has 3 heteroatoms. The van der Waals surface area contributed by atoms with E-state index in [1.807, 2.05) is 24.3 Å². The first-order chi connectivity index (χ1) is 9.85. The van der Waals surface area contributed by atoms with Crippen molar-refractivity contribution < 1.29 is 9.47 Å². The van der Waals surface area contributed by atoms with Gasteiger partial charge in [-0.2, -0.15) is 0 Å². The van der Waals surface area contributed by atoms with E-state index in [2.05, 4.69) is 29.6 Å². The number of hydrogen-bond acceptors (Lipinski definition) is 3. The Morgan fingerprint density at radius 1 is 0.800 bits per heavy atom. The van der Waals surface area contributed by atoms with Crippen LogP contribution < -0.4 is 14.8 Å². The van der Waals surface area contributed by atoms with Crippen LogP contribution in [0.3, 0.4) is 0 Å². The van der Waals surface area contributed by atoms with Gasteiger partial charge in [-0.15, -0.1) is 0 Å². The molecule has 0 radical (unpaired) electrons. The Kier molecular flexibility index (Phi) is 2.67. The molecule has 2 heterocycles.